The molecule has 0 atom stereocenters. The number of hydrogen-bond donors (Lipinski definition) is 1. The average molecular weight is 211 g/mol. The van der Waals surface area contributed by atoms with Gasteiger partial charge in [0.2, 0.25) is 5.91 Å². The molecule has 1 amide bonds. The highest BCUT2D eigenvalue weighted by atomic mass is 32.2. The van der Waals surface area contributed by atoms with E-state index in [0.717, 1.165) is 13.0 Å². The Morgan fingerprint density at radius 3 is 2.86 bits per heavy atom. The molecule has 14 heavy (non-hydrogen) atoms. The maximum atomic E-state index is 11.2. The van der Waals surface area contributed by atoms with Crippen molar-refractivity contribution < 1.29 is 4.79 Å². The molecule has 5 heteroatoms. The van der Waals surface area contributed by atoms with E-state index < -0.39 is 0 Å². The molecule has 0 aliphatic rings. The van der Waals surface area contributed by atoms with E-state index in [1.165, 1.54) is 11.8 Å². The Labute approximate surface area is 87.5 Å². The molecule has 76 valence electrons. The lowest BCUT2D eigenvalue weighted by molar-refractivity contribution is -0.118. The minimum Gasteiger partial charge on any atom is -0.355 e. The van der Waals surface area contributed by atoms with Crippen LogP contribution in [0.15, 0.2) is 23.6 Å². The number of aromatic nitrogens is 2. The monoisotopic (exact) mass is 211 g/mol. The fourth-order valence-electron chi connectivity index (χ4n) is 0.805. The van der Waals surface area contributed by atoms with Crippen molar-refractivity contribution in [3.63, 3.8) is 0 Å². The standard InChI is InChI=1S/C9H13N3OS/c1-2-4-10-8(13)7-14-9-11-5-3-6-12-9/h3,5-6H,2,4,7H2,1H3,(H,10,13). The predicted octanol–water partition coefficient (Wildman–Crippen LogP) is 1.09. The molecule has 0 spiro atoms. The summed E-state index contributed by atoms with van der Waals surface area (Å²) in [4.78, 5) is 19.2. The van der Waals surface area contributed by atoms with Crippen molar-refractivity contribution in [1.82, 2.24) is 15.3 Å². The minimum absolute atomic E-state index is 0.0318. The lowest BCUT2D eigenvalue weighted by atomic mass is 10.5. The van der Waals surface area contributed by atoms with Crippen LogP contribution in [-0.2, 0) is 4.79 Å². The van der Waals surface area contributed by atoms with Crippen LogP contribution in [0.5, 0.6) is 0 Å². The van der Waals surface area contributed by atoms with Gasteiger partial charge in [-0.3, -0.25) is 4.79 Å². The zero-order valence-corrected chi connectivity index (χ0v) is 8.88. The van der Waals surface area contributed by atoms with E-state index in [9.17, 15) is 4.79 Å². The molecule has 1 aromatic rings. The van der Waals surface area contributed by atoms with Gasteiger partial charge in [-0.2, -0.15) is 0 Å². The lowest BCUT2D eigenvalue weighted by Gasteiger charge is -2.01. The van der Waals surface area contributed by atoms with Crippen LogP contribution >= 0.6 is 11.8 Å². The van der Waals surface area contributed by atoms with Gasteiger partial charge < -0.3 is 5.32 Å². The molecule has 0 saturated heterocycles. The third-order valence-electron chi connectivity index (χ3n) is 1.45. The molecule has 0 radical (unpaired) electrons. The fraction of sp³-hybridized carbons (Fsp3) is 0.444. The van der Waals surface area contributed by atoms with Crippen molar-refractivity contribution in [3.05, 3.63) is 18.5 Å². The van der Waals surface area contributed by atoms with E-state index in [1.54, 1.807) is 18.5 Å². The Morgan fingerprint density at radius 1 is 1.50 bits per heavy atom. The number of thioether (sulfide) groups is 1. The average Bonchev–Trinajstić information content (AvgIpc) is 2.25. The van der Waals surface area contributed by atoms with Crippen molar-refractivity contribution in [1.29, 1.82) is 0 Å². The summed E-state index contributed by atoms with van der Waals surface area (Å²) in [5, 5.41) is 3.43. The molecule has 1 heterocycles. The van der Waals surface area contributed by atoms with Gasteiger partial charge in [0.1, 0.15) is 0 Å². The first-order chi connectivity index (χ1) is 6.83. The van der Waals surface area contributed by atoms with Crippen molar-refractivity contribution >= 4 is 17.7 Å². The van der Waals surface area contributed by atoms with E-state index in [-0.39, 0.29) is 5.91 Å². The first kappa shape index (κ1) is 11.0. The Morgan fingerprint density at radius 2 is 2.21 bits per heavy atom. The van der Waals surface area contributed by atoms with E-state index in [1.807, 2.05) is 6.92 Å². The molecule has 1 rings (SSSR count). The van der Waals surface area contributed by atoms with Gasteiger partial charge in [0, 0.05) is 18.9 Å². The predicted molar refractivity (Wildman–Crippen MR) is 56.1 cm³/mol. The summed E-state index contributed by atoms with van der Waals surface area (Å²) in [5.41, 5.74) is 0. The fourth-order valence-corrected chi connectivity index (χ4v) is 1.44. The Balaban J connectivity index is 2.24. The summed E-state index contributed by atoms with van der Waals surface area (Å²) in [5.74, 6) is 0.411. The quantitative estimate of drug-likeness (QED) is 0.585. The van der Waals surface area contributed by atoms with Gasteiger partial charge in [0.05, 0.1) is 5.75 Å². The van der Waals surface area contributed by atoms with Crippen LogP contribution in [0.1, 0.15) is 13.3 Å². The van der Waals surface area contributed by atoms with Gasteiger partial charge in [-0.05, 0) is 12.5 Å². The highest BCUT2D eigenvalue weighted by Crippen LogP contribution is 2.09. The second-order valence-electron chi connectivity index (χ2n) is 2.67. The summed E-state index contributed by atoms with van der Waals surface area (Å²) < 4.78 is 0. The zero-order chi connectivity index (χ0) is 10.2. The van der Waals surface area contributed by atoms with Crippen LogP contribution in [0, 0.1) is 0 Å². The van der Waals surface area contributed by atoms with E-state index in [4.69, 9.17) is 0 Å². The minimum atomic E-state index is 0.0318. The Hall–Kier alpha value is -1.10. The number of carbonyl (C=O) groups is 1. The van der Waals surface area contributed by atoms with Gasteiger partial charge in [-0.1, -0.05) is 18.7 Å². The molecule has 0 aliphatic carbocycles. The lowest BCUT2D eigenvalue weighted by Crippen LogP contribution is -2.25. The number of nitrogens with one attached hydrogen (secondary N) is 1. The molecular weight excluding hydrogens is 198 g/mol. The van der Waals surface area contributed by atoms with Gasteiger partial charge in [0.25, 0.3) is 0 Å². The topological polar surface area (TPSA) is 54.9 Å². The maximum Gasteiger partial charge on any atom is 0.230 e. The second-order valence-corrected chi connectivity index (χ2v) is 3.61. The maximum absolute atomic E-state index is 11.2. The number of rotatable bonds is 5. The zero-order valence-electron chi connectivity index (χ0n) is 8.06. The van der Waals surface area contributed by atoms with Crippen molar-refractivity contribution in [2.24, 2.45) is 0 Å². The molecule has 0 bridgehead atoms. The normalized spacial score (nSPS) is 9.79. The number of amides is 1. The molecule has 4 nitrogen and oxygen atoms in total. The third-order valence-corrected chi connectivity index (χ3v) is 2.32. The van der Waals surface area contributed by atoms with Gasteiger partial charge in [0.15, 0.2) is 5.16 Å². The molecule has 0 aliphatic heterocycles. The number of nitrogens with zero attached hydrogens (tertiary/aromatic N) is 2. The SMILES string of the molecule is CCCNC(=O)CSc1ncccn1. The molecule has 0 fully saturated rings. The summed E-state index contributed by atoms with van der Waals surface area (Å²) in [7, 11) is 0. The molecule has 0 aromatic carbocycles. The molecule has 0 unspecified atom stereocenters. The summed E-state index contributed by atoms with van der Waals surface area (Å²) in [6, 6.07) is 1.75. The van der Waals surface area contributed by atoms with Crippen LogP contribution < -0.4 is 5.32 Å². The molecule has 1 N–H and O–H groups in total. The summed E-state index contributed by atoms with van der Waals surface area (Å²) in [6.07, 6.45) is 4.29. The molecular formula is C9H13N3OS. The van der Waals surface area contributed by atoms with Gasteiger partial charge in [-0.15, -0.1) is 0 Å². The summed E-state index contributed by atoms with van der Waals surface area (Å²) in [6.45, 7) is 2.75. The van der Waals surface area contributed by atoms with Crippen LogP contribution in [0.3, 0.4) is 0 Å². The van der Waals surface area contributed by atoms with Gasteiger partial charge >= 0.3 is 0 Å². The van der Waals surface area contributed by atoms with E-state index in [2.05, 4.69) is 15.3 Å². The molecule has 1 aromatic heterocycles. The smallest absolute Gasteiger partial charge is 0.230 e. The largest absolute Gasteiger partial charge is 0.355 e. The Bertz CT molecular complexity index is 279. The number of carbonyl (C=O) groups excluding carboxylic acids is 1. The first-order valence-corrected chi connectivity index (χ1v) is 5.48. The van der Waals surface area contributed by atoms with Crippen LogP contribution in [0.4, 0.5) is 0 Å². The van der Waals surface area contributed by atoms with E-state index in [0.29, 0.717) is 10.9 Å². The van der Waals surface area contributed by atoms with E-state index >= 15 is 0 Å². The van der Waals surface area contributed by atoms with Crippen molar-refractivity contribution in [2.45, 2.75) is 18.5 Å². The first-order valence-electron chi connectivity index (χ1n) is 4.49. The Kier molecular flexibility index (Phi) is 4.99. The second kappa shape index (κ2) is 6.37. The van der Waals surface area contributed by atoms with Crippen LogP contribution in [0.2, 0.25) is 0 Å². The van der Waals surface area contributed by atoms with Crippen LogP contribution in [0.25, 0.3) is 0 Å². The summed E-state index contributed by atoms with van der Waals surface area (Å²) >= 11 is 1.34. The van der Waals surface area contributed by atoms with Crippen LogP contribution in [-0.4, -0.2) is 28.2 Å². The van der Waals surface area contributed by atoms with Crippen molar-refractivity contribution in [3.8, 4) is 0 Å². The highest BCUT2D eigenvalue weighted by Gasteiger charge is 2.02. The third kappa shape index (κ3) is 4.23. The van der Waals surface area contributed by atoms with Crippen molar-refractivity contribution in [2.75, 3.05) is 12.3 Å². The number of hydrogen-bond acceptors (Lipinski definition) is 4. The van der Waals surface area contributed by atoms with Gasteiger partial charge in [-0.25, -0.2) is 9.97 Å². The molecule has 0 saturated carbocycles. The highest BCUT2D eigenvalue weighted by molar-refractivity contribution is 7.99.